The number of hydrogen-bond donors (Lipinski definition) is 2. The summed E-state index contributed by atoms with van der Waals surface area (Å²) in [5, 5.41) is 5.28. The SMILES string of the molecule is CC(=O)NC[C@H]1CN(c2ccc(-n3cnc(C(=O)Nc4cc(C)cc(C)n4)c3)c(F)c2)C(=O)O1. The van der Waals surface area contributed by atoms with Crippen LogP contribution in [0.25, 0.3) is 5.69 Å². The van der Waals surface area contributed by atoms with Gasteiger partial charge in [0.1, 0.15) is 29.8 Å². The van der Waals surface area contributed by atoms with Gasteiger partial charge in [-0.05, 0) is 49.7 Å². The highest BCUT2D eigenvalue weighted by Crippen LogP contribution is 2.25. The summed E-state index contributed by atoms with van der Waals surface area (Å²) in [5.41, 5.74) is 2.29. The Bertz CT molecular complexity index is 1250. The van der Waals surface area contributed by atoms with Gasteiger partial charge in [0.2, 0.25) is 5.91 Å². The first-order valence-electron chi connectivity index (χ1n) is 10.5. The molecule has 11 heteroatoms. The van der Waals surface area contributed by atoms with Gasteiger partial charge in [0.25, 0.3) is 5.91 Å². The number of ether oxygens (including phenoxy) is 1. The predicted molar refractivity (Wildman–Crippen MR) is 121 cm³/mol. The summed E-state index contributed by atoms with van der Waals surface area (Å²) < 4.78 is 21.5. The zero-order valence-electron chi connectivity index (χ0n) is 18.8. The predicted octanol–water partition coefficient (Wildman–Crippen LogP) is 2.74. The van der Waals surface area contributed by atoms with Gasteiger partial charge in [-0.1, -0.05) is 0 Å². The number of carbonyl (C=O) groups excluding carboxylic acids is 3. The number of anilines is 2. The molecule has 3 aromatic rings. The topological polar surface area (TPSA) is 118 Å². The molecule has 34 heavy (non-hydrogen) atoms. The largest absolute Gasteiger partial charge is 0.442 e. The standard InChI is InChI=1S/C23H23FN6O4/c1-13-6-14(2)27-21(7-13)28-22(32)19-11-29(12-26-19)20-5-4-16(8-18(20)24)30-10-17(34-23(30)33)9-25-15(3)31/h4-8,11-12,17H,9-10H2,1-3H3,(H,25,31)(H,27,28,32)/t17-/m0/s1. The summed E-state index contributed by atoms with van der Waals surface area (Å²) in [4.78, 5) is 45.4. The lowest BCUT2D eigenvalue weighted by atomic mass is 10.2. The number of amides is 3. The third-order valence-corrected chi connectivity index (χ3v) is 5.13. The number of imidazole rings is 1. The van der Waals surface area contributed by atoms with Crippen LogP contribution < -0.4 is 15.5 Å². The summed E-state index contributed by atoms with van der Waals surface area (Å²) in [6, 6.07) is 7.89. The van der Waals surface area contributed by atoms with Crippen molar-refractivity contribution in [3.8, 4) is 5.69 Å². The molecule has 2 N–H and O–H groups in total. The summed E-state index contributed by atoms with van der Waals surface area (Å²) in [6.45, 7) is 5.45. The Morgan fingerprint density at radius 3 is 2.74 bits per heavy atom. The Hall–Kier alpha value is -4.28. The fraction of sp³-hybridized carbons (Fsp3) is 0.261. The second-order valence-electron chi connectivity index (χ2n) is 7.98. The average Bonchev–Trinajstić information content (AvgIpc) is 3.38. The number of hydrogen-bond acceptors (Lipinski definition) is 6. The van der Waals surface area contributed by atoms with Gasteiger partial charge >= 0.3 is 6.09 Å². The zero-order chi connectivity index (χ0) is 24.4. The van der Waals surface area contributed by atoms with Crippen LogP contribution in [0.15, 0.2) is 42.9 Å². The van der Waals surface area contributed by atoms with Crippen molar-refractivity contribution in [2.24, 2.45) is 0 Å². The Kier molecular flexibility index (Phi) is 6.26. The first kappa shape index (κ1) is 22.9. The number of nitrogens with zero attached hydrogens (tertiary/aromatic N) is 4. The van der Waals surface area contributed by atoms with Gasteiger partial charge in [0.05, 0.1) is 24.5 Å². The van der Waals surface area contributed by atoms with E-state index < -0.39 is 23.9 Å². The minimum Gasteiger partial charge on any atom is -0.442 e. The Labute approximate surface area is 194 Å². The van der Waals surface area contributed by atoms with Crippen LogP contribution in [0.5, 0.6) is 0 Å². The molecule has 1 aliphatic rings. The van der Waals surface area contributed by atoms with Crippen LogP contribution in [0.2, 0.25) is 0 Å². The van der Waals surface area contributed by atoms with Crippen LogP contribution >= 0.6 is 0 Å². The number of cyclic esters (lactones) is 1. The van der Waals surface area contributed by atoms with Gasteiger partial charge in [0.15, 0.2) is 0 Å². The maximum atomic E-state index is 14.9. The molecule has 0 bridgehead atoms. The van der Waals surface area contributed by atoms with E-state index in [4.69, 9.17) is 4.74 Å². The minimum atomic E-state index is -0.621. The molecule has 2 aromatic heterocycles. The maximum absolute atomic E-state index is 14.9. The van der Waals surface area contributed by atoms with Gasteiger partial charge in [-0.3, -0.25) is 14.5 Å². The zero-order valence-corrected chi connectivity index (χ0v) is 18.8. The average molecular weight is 466 g/mol. The molecule has 1 aliphatic heterocycles. The Morgan fingerprint density at radius 2 is 2.03 bits per heavy atom. The van der Waals surface area contributed by atoms with E-state index in [0.717, 1.165) is 11.3 Å². The van der Waals surface area contributed by atoms with Crippen LogP contribution in [0.4, 0.5) is 20.7 Å². The highest BCUT2D eigenvalue weighted by Gasteiger charge is 2.32. The van der Waals surface area contributed by atoms with Crippen LogP contribution in [-0.4, -0.2) is 51.6 Å². The number of rotatable bonds is 6. The molecule has 0 spiro atoms. The Balaban J connectivity index is 1.47. The van der Waals surface area contributed by atoms with Crippen LogP contribution in [-0.2, 0) is 9.53 Å². The van der Waals surface area contributed by atoms with E-state index in [-0.39, 0.29) is 30.4 Å². The molecule has 4 rings (SSSR count). The molecule has 0 saturated carbocycles. The van der Waals surface area contributed by atoms with Gasteiger partial charge in [-0.15, -0.1) is 0 Å². The van der Waals surface area contributed by atoms with E-state index in [9.17, 15) is 18.8 Å². The van der Waals surface area contributed by atoms with Crippen molar-refractivity contribution in [3.63, 3.8) is 0 Å². The number of halogens is 1. The monoisotopic (exact) mass is 466 g/mol. The second-order valence-corrected chi connectivity index (χ2v) is 7.98. The highest BCUT2D eigenvalue weighted by atomic mass is 19.1. The van der Waals surface area contributed by atoms with Crippen LogP contribution in [0, 0.1) is 19.7 Å². The van der Waals surface area contributed by atoms with E-state index >= 15 is 0 Å². The molecular weight excluding hydrogens is 443 g/mol. The summed E-state index contributed by atoms with van der Waals surface area (Å²) in [7, 11) is 0. The molecule has 3 heterocycles. The summed E-state index contributed by atoms with van der Waals surface area (Å²) >= 11 is 0. The van der Waals surface area contributed by atoms with Crippen LogP contribution in [0.1, 0.15) is 28.7 Å². The minimum absolute atomic E-state index is 0.0911. The summed E-state index contributed by atoms with van der Waals surface area (Å²) in [5.74, 6) is -0.917. The lowest BCUT2D eigenvalue weighted by Gasteiger charge is -2.14. The number of carbonyl (C=O) groups is 3. The van der Waals surface area contributed by atoms with Gasteiger partial charge < -0.3 is 19.9 Å². The molecule has 176 valence electrons. The molecule has 1 fully saturated rings. The fourth-order valence-electron chi connectivity index (χ4n) is 3.63. The van der Waals surface area contributed by atoms with Crippen molar-refractivity contribution in [1.82, 2.24) is 19.9 Å². The third kappa shape index (κ3) is 5.03. The third-order valence-electron chi connectivity index (χ3n) is 5.13. The number of pyridine rings is 1. The number of benzene rings is 1. The number of nitrogens with one attached hydrogen (secondary N) is 2. The number of aromatic nitrogens is 3. The molecule has 1 saturated heterocycles. The number of aryl methyl sites for hydroxylation is 2. The van der Waals surface area contributed by atoms with E-state index in [1.165, 1.54) is 41.0 Å². The van der Waals surface area contributed by atoms with Gasteiger partial charge in [-0.2, -0.15) is 0 Å². The van der Waals surface area contributed by atoms with Crippen molar-refractivity contribution in [2.75, 3.05) is 23.3 Å². The van der Waals surface area contributed by atoms with Crippen molar-refractivity contribution >= 4 is 29.4 Å². The molecule has 0 unspecified atom stereocenters. The molecule has 1 aromatic carbocycles. The molecule has 0 radical (unpaired) electrons. The molecular formula is C23H23FN6O4. The smallest absolute Gasteiger partial charge is 0.414 e. The quantitative estimate of drug-likeness (QED) is 0.577. The lowest BCUT2D eigenvalue weighted by molar-refractivity contribution is -0.119. The maximum Gasteiger partial charge on any atom is 0.414 e. The summed E-state index contributed by atoms with van der Waals surface area (Å²) in [6.07, 6.45) is 1.59. The van der Waals surface area contributed by atoms with E-state index in [2.05, 4.69) is 20.6 Å². The first-order valence-corrected chi connectivity index (χ1v) is 10.5. The van der Waals surface area contributed by atoms with Gasteiger partial charge in [0, 0.05) is 18.8 Å². The van der Waals surface area contributed by atoms with Crippen LogP contribution in [0.3, 0.4) is 0 Å². The molecule has 3 amide bonds. The highest BCUT2D eigenvalue weighted by molar-refractivity contribution is 6.02. The van der Waals surface area contributed by atoms with E-state index in [0.29, 0.717) is 11.5 Å². The normalized spacial score (nSPS) is 15.2. The van der Waals surface area contributed by atoms with E-state index in [1.807, 2.05) is 19.9 Å². The molecule has 0 aliphatic carbocycles. The van der Waals surface area contributed by atoms with E-state index in [1.54, 1.807) is 12.1 Å². The molecule has 1 atom stereocenters. The van der Waals surface area contributed by atoms with Gasteiger partial charge in [-0.25, -0.2) is 19.2 Å². The van der Waals surface area contributed by atoms with Crippen molar-refractivity contribution in [2.45, 2.75) is 26.9 Å². The second kappa shape index (κ2) is 9.30. The first-order chi connectivity index (χ1) is 16.2. The Morgan fingerprint density at radius 1 is 1.24 bits per heavy atom. The molecule has 10 nitrogen and oxygen atoms in total. The van der Waals surface area contributed by atoms with Crippen molar-refractivity contribution in [3.05, 3.63) is 65.6 Å². The van der Waals surface area contributed by atoms with Crippen molar-refractivity contribution in [1.29, 1.82) is 0 Å². The fourth-order valence-corrected chi connectivity index (χ4v) is 3.63. The lowest BCUT2D eigenvalue weighted by Crippen LogP contribution is -2.33. The van der Waals surface area contributed by atoms with Crippen molar-refractivity contribution < 1.29 is 23.5 Å².